The number of hydrogen-bond acceptors (Lipinski definition) is 4. The lowest BCUT2D eigenvalue weighted by Gasteiger charge is -2.32. The van der Waals surface area contributed by atoms with Gasteiger partial charge in [0.2, 0.25) is 0 Å². The first-order valence-electron chi connectivity index (χ1n) is 8.25. The van der Waals surface area contributed by atoms with E-state index in [4.69, 9.17) is 9.84 Å². The van der Waals surface area contributed by atoms with Gasteiger partial charge in [-0.3, -0.25) is 4.79 Å². The average Bonchev–Trinajstić information content (AvgIpc) is 2.64. The molecule has 1 aliphatic rings. The molecule has 6 nitrogen and oxygen atoms in total. The first-order valence-corrected chi connectivity index (χ1v) is 8.25. The number of amides is 1. The molecule has 1 amide bonds. The molecule has 130 valence electrons. The first-order chi connectivity index (χ1) is 12.0. The van der Waals surface area contributed by atoms with Gasteiger partial charge >= 0.3 is 5.97 Å². The van der Waals surface area contributed by atoms with E-state index in [2.05, 4.69) is 4.98 Å². The lowest BCUT2D eigenvalue weighted by Crippen LogP contribution is -2.41. The lowest BCUT2D eigenvalue weighted by molar-refractivity contribution is 0.0595. The highest BCUT2D eigenvalue weighted by molar-refractivity contribution is 5.96. The summed E-state index contributed by atoms with van der Waals surface area (Å²) in [5.41, 5.74) is 1.42. The van der Waals surface area contributed by atoms with Crippen LogP contribution in [0.3, 0.4) is 0 Å². The highest BCUT2D eigenvalue weighted by atomic mass is 16.5. The van der Waals surface area contributed by atoms with E-state index in [0.29, 0.717) is 18.7 Å². The molecule has 1 aromatic carbocycles. The SMILES string of the molecule is Cc1ccc(OC2CCN(C(=O)c3ccnc(C(=O)O)c3)CC2)cc1. The number of piperidine rings is 1. The van der Waals surface area contributed by atoms with Crippen molar-refractivity contribution in [2.75, 3.05) is 13.1 Å². The molecule has 6 heteroatoms. The maximum atomic E-state index is 12.5. The number of likely N-dealkylation sites (tertiary alicyclic amines) is 1. The van der Waals surface area contributed by atoms with Gasteiger partial charge < -0.3 is 14.7 Å². The maximum Gasteiger partial charge on any atom is 0.354 e. The van der Waals surface area contributed by atoms with Crippen LogP contribution in [0.2, 0.25) is 0 Å². The standard InChI is InChI=1S/C19H20N2O4/c1-13-2-4-15(5-3-13)25-16-7-10-21(11-8-16)18(22)14-6-9-20-17(12-14)19(23)24/h2-6,9,12,16H,7-8,10-11H2,1H3,(H,23,24). The van der Waals surface area contributed by atoms with Crippen LogP contribution in [0, 0.1) is 6.92 Å². The Labute approximate surface area is 146 Å². The van der Waals surface area contributed by atoms with E-state index in [0.717, 1.165) is 18.6 Å². The van der Waals surface area contributed by atoms with Gasteiger partial charge in [0, 0.05) is 37.7 Å². The van der Waals surface area contributed by atoms with Crippen LogP contribution >= 0.6 is 0 Å². The molecule has 0 aliphatic carbocycles. The minimum absolute atomic E-state index is 0.0822. The number of pyridine rings is 1. The molecule has 2 aromatic rings. The molecule has 1 aliphatic heterocycles. The number of rotatable bonds is 4. The van der Waals surface area contributed by atoms with Gasteiger partial charge in [-0.05, 0) is 31.2 Å². The summed E-state index contributed by atoms with van der Waals surface area (Å²) in [6.45, 7) is 3.20. The molecule has 25 heavy (non-hydrogen) atoms. The topological polar surface area (TPSA) is 79.7 Å². The zero-order valence-electron chi connectivity index (χ0n) is 14.0. The Morgan fingerprint density at radius 3 is 2.48 bits per heavy atom. The molecule has 0 atom stereocenters. The lowest BCUT2D eigenvalue weighted by atomic mass is 10.1. The van der Waals surface area contributed by atoms with Crippen molar-refractivity contribution in [2.45, 2.75) is 25.9 Å². The van der Waals surface area contributed by atoms with Crippen molar-refractivity contribution >= 4 is 11.9 Å². The second-order valence-corrected chi connectivity index (χ2v) is 6.16. The highest BCUT2D eigenvalue weighted by Crippen LogP contribution is 2.20. The number of aryl methyl sites for hydroxylation is 1. The molecule has 0 saturated carbocycles. The summed E-state index contributed by atoms with van der Waals surface area (Å²) in [5, 5.41) is 8.99. The number of benzene rings is 1. The Bertz CT molecular complexity index is 765. The molecule has 3 rings (SSSR count). The average molecular weight is 340 g/mol. The van der Waals surface area contributed by atoms with E-state index in [1.165, 1.54) is 17.8 Å². The number of carbonyl (C=O) groups excluding carboxylic acids is 1. The molecule has 2 heterocycles. The van der Waals surface area contributed by atoms with Gasteiger partial charge in [0.25, 0.3) is 5.91 Å². The molecule has 1 aromatic heterocycles. The highest BCUT2D eigenvalue weighted by Gasteiger charge is 2.25. The van der Waals surface area contributed by atoms with E-state index >= 15 is 0 Å². The van der Waals surface area contributed by atoms with Gasteiger partial charge in [-0.15, -0.1) is 0 Å². The summed E-state index contributed by atoms with van der Waals surface area (Å²) in [4.78, 5) is 29.0. The third-order valence-corrected chi connectivity index (χ3v) is 4.28. The molecule has 0 radical (unpaired) electrons. The Kier molecular flexibility index (Phi) is 4.97. The van der Waals surface area contributed by atoms with E-state index in [9.17, 15) is 9.59 Å². The third kappa shape index (κ3) is 4.15. The summed E-state index contributed by atoms with van der Waals surface area (Å²) in [6, 6.07) is 10.8. The number of carboxylic acid groups (broad SMARTS) is 1. The van der Waals surface area contributed by atoms with Crippen molar-refractivity contribution in [1.82, 2.24) is 9.88 Å². The summed E-state index contributed by atoms with van der Waals surface area (Å²) in [7, 11) is 0. The number of ether oxygens (including phenoxy) is 1. The minimum Gasteiger partial charge on any atom is -0.490 e. The molecule has 1 N–H and O–H groups in total. The van der Waals surface area contributed by atoms with Gasteiger partial charge in [0.05, 0.1) is 0 Å². The minimum atomic E-state index is -1.14. The molecule has 0 spiro atoms. The predicted octanol–water partition coefficient (Wildman–Crippen LogP) is 2.77. The van der Waals surface area contributed by atoms with Crippen molar-refractivity contribution in [3.63, 3.8) is 0 Å². The maximum absolute atomic E-state index is 12.5. The van der Waals surface area contributed by atoms with Gasteiger partial charge in [-0.1, -0.05) is 17.7 Å². The largest absolute Gasteiger partial charge is 0.490 e. The number of hydrogen-bond donors (Lipinski definition) is 1. The number of carboxylic acids is 1. The molecular formula is C19H20N2O4. The van der Waals surface area contributed by atoms with Gasteiger partial charge in [0.15, 0.2) is 0 Å². The van der Waals surface area contributed by atoms with Crippen molar-refractivity contribution in [2.24, 2.45) is 0 Å². The summed E-state index contributed by atoms with van der Waals surface area (Å²) in [5.74, 6) is -0.464. The van der Waals surface area contributed by atoms with Crippen LogP contribution in [0.1, 0.15) is 39.3 Å². The van der Waals surface area contributed by atoms with Crippen LogP contribution in [0.4, 0.5) is 0 Å². The molecule has 1 fully saturated rings. The van der Waals surface area contributed by atoms with Crippen molar-refractivity contribution < 1.29 is 19.4 Å². The van der Waals surface area contributed by atoms with Gasteiger partial charge in [-0.2, -0.15) is 0 Å². The molecule has 1 saturated heterocycles. The fourth-order valence-electron chi connectivity index (χ4n) is 2.85. The van der Waals surface area contributed by atoms with Crippen LogP contribution < -0.4 is 4.74 Å². The van der Waals surface area contributed by atoms with Crippen molar-refractivity contribution in [3.8, 4) is 5.75 Å². The second kappa shape index (κ2) is 7.34. The van der Waals surface area contributed by atoms with E-state index in [1.54, 1.807) is 11.0 Å². The fraction of sp³-hybridized carbons (Fsp3) is 0.316. The Balaban J connectivity index is 1.58. The summed E-state index contributed by atoms with van der Waals surface area (Å²) >= 11 is 0. The number of carbonyl (C=O) groups is 2. The second-order valence-electron chi connectivity index (χ2n) is 6.16. The van der Waals surface area contributed by atoms with Crippen LogP contribution in [0.25, 0.3) is 0 Å². The molecular weight excluding hydrogens is 320 g/mol. The van der Waals surface area contributed by atoms with E-state index in [1.807, 2.05) is 31.2 Å². The molecule has 0 bridgehead atoms. The number of aromatic nitrogens is 1. The van der Waals surface area contributed by atoms with Crippen LogP contribution in [-0.2, 0) is 0 Å². The van der Waals surface area contributed by atoms with Gasteiger partial charge in [0.1, 0.15) is 17.5 Å². The van der Waals surface area contributed by atoms with Crippen molar-refractivity contribution in [1.29, 1.82) is 0 Å². The smallest absolute Gasteiger partial charge is 0.354 e. The number of aromatic carboxylic acids is 1. The van der Waals surface area contributed by atoms with E-state index in [-0.39, 0.29) is 17.7 Å². The van der Waals surface area contributed by atoms with Gasteiger partial charge in [-0.25, -0.2) is 9.78 Å². The Morgan fingerprint density at radius 2 is 1.84 bits per heavy atom. The van der Waals surface area contributed by atoms with Crippen molar-refractivity contribution in [3.05, 3.63) is 59.4 Å². The Morgan fingerprint density at radius 1 is 1.16 bits per heavy atom. The predicted molar refractivity (Wildman–Crippen MR) is 91.9 cm³/mol. The van der Waals surface area contributed by atoms with E-state index < -0.39 is 5.97 Å². The first kappa shape index (κ1) is 17.0. The van der Waals surface area contributed by atoms with Crippen LogP contribution in [0.5, 0.6) is 5.75 Å². The quantitative estimate of drug-likeness (QED) is 0.926. The van der Waals surface area contributed by atoms with Crippen LogP contribution in [-0.4, -0.2) is 46.1 Å². The number of nitrogens with zero attached hydrogens (tertiary/aromatic N) is 2. The normalized spacial score (nSPS) is 15.0. The zero-order valence-corrected chi connectivity index (χ0v) is 14.0. The third-order valence-electron chi connectivity index (χ3n) is 4.28. The summed E-state index contributed by atoms with van der Waals surface area (Å²) < 4.78 is 5.97. The summed E-state index contributed by atoms with van der Waals surface area (Å²) in [6.07, 6.45) is 2.93. The van der Waals surface area contributed by atoms with Crippen LogP contribution in [0.15, 0.2) is 42.6 Å². The zero-order chi connectivity index (χ0) is 17.8. The molecule has 0 unspecified atom stereocenters. The fourth-order valence-corrected chi connectivity index (χ4v) is 2.85. The Hall–Kier alpha value is -2.89. The monoisotopic (exact) mass is 340 g/mol.